The van der Waals surface area contributed by atoms with Crippen molar-refractivity contribution in [2.45, 2.75) is 0 Å². The van der Waals surface area contributed by atoms with Crippen molar-refractivity contribution < 1.29 is 51.0 Å². The number of aromatic nitrogens is 2. The van der Waals surface area contributed by atoms with Crippen LogP contribution in [-0.2, 0) is 26.2 Å². The molecule has 0 spiro atoms. The standard InChI is InChI=1S/C17H12N.C13H10N.2ClH.Zr/c1-2-7-15-12-16(11-14(15)6-1)18-10-9-13-5-3-4-8-17(13)18;1-2-10-14(9-1)13-8-4-6-11-5-3-7-12(11)13;;;/h1-12H;1-10H;2*1H;/q2*-1;;;+4/p-2. The van der Waals surface area contributed by atoms with Crippen molar-refractivity contribution in [3.8, 4) is 11.4 Å². The first-order valence-corrected chi connectivity index (χ1v) is 10.9. The summed E-state index contributed by atoms with van der Waals surface area (Å²) in [7, 11) is 0. The van der Waals surface area contributed by atoms with Crippen molar-refractivity contribution in [3.05, 3.63) is 134 Å². The van der Waals surface area contributed by atoms with Gasteiger partial charge < -0.3 is 33.9 Å². The Morgan fingerprint density at radius 1 is 0.600 bits per heavy atom. The zero-order valence-corrected chi connectivity index (χ0v) is 22.8. The van der Waals surface area contributed by atoms with E-state index in [1.165, 1.54) is 43.8 Å². The maximum Gasteiger partial charge on any atom is 4.00 e. The molecule has 0 aliphatic carbocycles. The predicted octanol–water partition coefficient (Wildman–Crippen LogP) is 1.86. The molecule has 5 aromatic carbocycles. The molecule has 7 rings (SSSR count). The first kappa shape index (κ1) is 26.8. The van der Waals surface area contributed by atoms with Gasteiger partial charge in [-0.1, -0.05) is 30.3 Å². The van der Waals surface area contributed by atoms with Crippen molar-refractivity contribution in [2.24, 2.45) is 0 Å². The van der Waals surface area contributed by atoms with E-state index in [-0.39, 0.29) is 51.0 Å². The van der Waals surface area contributed by atoms with Gasteiger partial charge in [0, 0.05) is 24.3 Å². The van der Waals surface area contributed by atoms with Crippen LogP contribution >= 0.6 is 0 Å². The molecule has 0 radical (unpaired) electrons. The molecule has 0 unspecified atom stereocenters. The second-order valence-electron chi connectivity index (χ2n) is 7.98. The molecule has 5 heteroatoms. The van der Waals surface area contributed by atoms with Crippen molar-refractivity contribution >= 4 is 32.4 Å². The first-order valence-electron chi connectivity index (χ1n) is 10.9. The molecular weight excluding hydrogens is 550 g/mol. The van der Waals surface area contributed by atoms with Crippen LogP contribution in [0.15, 0.2) is 134 Å². The van der Waals surface area contributed by atoms with E-state index in [1.807, 2.05) is 12.1 Å². The Labute approximate surface area is 236 Å². The molecule has 0 N–H and O–H groups in total. The average Bonchev–Trinajstić information content (AvgIpc) is 3.64. The van der Waals surface area contributed by atoms with Crippen molar-refractivity contribution in [1.82, 2.24) is 9.13 Å². The van der Waals surface area contributed by atoms with E-state index < -0.39 is 0 Å². The van der Waals surface area contributed by atoms with Crippen LogP contribution in [0.1, 0.15) is 0 Å². The molecule has 2 aromatic heterocycles. The number of fused-ring (bicyclic) bond motifs is 3. The summed E-state index contributed by atoms with van der Waals surface area (Å²) >= 11 is 0. The van der Waals surface area contributed by atoms with Crippen LogP contribution in [0, 0.1) is 0 Å². The largest absolute Gasteiger partial charge is 4.00 e. The van der Waals surface area contributed by atoms with Crippen molar-refractivity contribution in [2.75, 3.05) is 0 Å². The molecule has 2 nitrogen and oxygen atoms in total. The summed E-state index contributed by atoms with van der Waals surface area (Å²) < 4.78 is 4.39. The molecule has 0 aliphatic rings. The normalized spacial score (nSPS) is 10.2. The molecule has 35 heavy (non-hydrogen) atoms. The Balaban J connectivity index is 0.000000185. The van der Waals surface area contributed by atoms with Crippen LogP contribution in [0.3, 0.4) is 0 Å². The van der Waals surface area contributed by atoms with Crippen LogP contribution < -0.4 is 24.8 Å². The Kier molecular flexibility index (Phi) is 8.97. The monoisotopic (exact) mass is 570 g/mol. The van der Waals surface area contributed by atoms with Gasteiger partial charge in [0.1, 0.15) is 0 Å². The summed E-state index contributed by atoms with van der Waals surface area (Å²) in [6.45, 7) is 0. The van der Waals surface area contributed by atoms with Gasteiger partial charge >= 0.3 is 26.2 Å². The second kappa shape index (κ2) is 11.7. The van der Waals surface area contributed by atoms with Gasteiger partial charge in [0.15, 0.2) is 0 Å². The summed E-state index contributed by atoms with van der Waals surface area (Å²) in [6, 6.07) is 40.4. The molecule has 7 aromatic rings. The van der Waals surface area contributed by atoms with Gasteiger partial charge in [-0.15, -0.1) is 70.1 Å². The zero-order chi connectivity index (χ0) is 21.3. The van der Waals surface area contributed by atoms with Crippen LogP contribution in [-0.4, -0.2) is 9.13 Å². The molecule has 0 aliphatic heterocycles. The Bertz CT molecular complexity index is 1600. The number of para-hydroxylation sites is 1. The minimum absolute atomic E-state index is 0. The van der Waals surface area contributed by atoms with E-state index in [0.717, 1.165) is 0 Å². The number of nitrogens with zero attached hydrogens (tertiary/aromatic N) is 2. The third-order valence-electron chi connectivity index (χ3n) is 6.02. The van der Waals surface area contributed by atoms with Gasteiger partial charge in [0.05, 0.1) is 5.52 Å². The van der Waals surface area contributed by atoms with E-state index >= 15 is 0 Å². The summed E-state index contributed by atoms with van der Waals surface area (Å²) in [5.41, 5.74) is 3.74. The summed E-state index contributed by atoms with van der Waals surface area (Å²) in [5, 5.41) is 6.48. The van der Waals surface area contributed by atoms with E-state index in [0.29, 0.717) is 0 Å². The fraction of sp³-hybridized carbons (Fsp3) is 0. The van der Waals surface area contributed by atoms with E-state index in [1.54, 1.807) is 0 Å². The van der Waals surface area contributed by atoms with Gasteiger partial charge in [-0.25, -0.2) is 0 Å². The Hall–Kier alpha value is -2.84. The number of hydrogen-bond donors (Lipinski definition) is 0. The Morgan fingerprint density at radius 3 is 2.11 bits per heavy atom. The van der Waals surface area contributed by atoms with Gasteiger partial charge in [-0.2, -0.15) is 12.1 Å². The molecule has 0 saturated carbocycles. The number of hydrogen-bond acceptors (Lipinski definition) is 0. The fourth-order valence-corrected chi connectivity index (χ4v) is 4.45. The van der Waals surface area contributed by atoms with E-state index in [2.05, 4.69) is 131 Å². The Morgan fingerprint density at radius 2 is 1.31 bits per heavy atom. The van der Waals surface area contributed by atoms with Crippen molar-refractivity contribution in [1.29, 1.82) is 0 Å². The zero-order valence-electron chi connectivity index (χ0n) is 18.9. The maximum atomic E-state index is 2.25. The number of halogens is 2. The van der Waals surface area contributed by atoms with Gasteiger partial charge in [-0.05, 0) is 35.3 Å². The summed E-state index contributed by atoms with van der Waals surface area (Å²) in [5.74, 6) is 0. The third-order valence-corrected chi connectivity index (χ3v) is 6.02. The minimum atomic E-state index is 0. The van der Waals surface area contributed by atoms with Crippen LogP contribution in [0.4, 0.5) is 0 Å². The first-order chi connectivity index (χ1) is 15.9. The minimum Gasteiger partial charge on any atom is -1.00 e. The summed E-state index contributed by atoms with van der Waals surface area (Å²) in [4.78, 5) is 0. The van der Waals surface area contributed by atoms with E-state index in [4.69, 9.17) is 0 Å². The van der Waals surface area contributed by atoms with Gasteiger partial charge in [-0.3, -0.25) is 0 Å². The molecule has 0 amide bonds. The van der Waals surface area contributed by atoms with Crippen LogP contribution in [0.5, 0.6) is 0 Å². The number of rotatable bonds is 2. The quantitative estimate of drug-likeness (QED) is 0.280. The molecule has 170 valence electrons. The van der Waals surface area contributed by atoms with Crippen molar-refractivity contribution in [3.63, 3.8) is 0 Å². The summed E-state index contributed by atoms with van der Waals surface area (Å²) in [6.07, 6.45) is 6.28. The maximum absolute atomic E-state index is 2.25. The average molecular weight is 573 g/mol. The van der Waals surface area contributed by atoms with Crippen LogP contribution in [0.2, 0.25) is 0 Å². The predicted molar refractivity (Wildman–Crippen MR) is 135 cm³/mol. The molecule has 0 atom stereocenters. The SMILES string of the molecule is [Cl-].[Cl-].[Zr+4].c1cc(-n2cccc2)c2cc[cH-]c2c1.c1ccc2[cH-]c(-n3ccc4ccccc43)cc2c1. The molecular formula is C30H22Cl2N2Zr. The van der Waals surface area contributed by atoms with E-state index in [9.17, 15) is 0 Å². The fourth-order valence-electron chi connectivity index (χ4n) is 4.45. The second-order valence-corrected chi connectivity index (χ2v) is 7.98. The number of benzene rings is 3. The van der Waals surface area contributed by atoms with Crippen LogP contribution in [0.25, 0.3) is 43.8 Å². The smallest absolute Gasteiger partial charge is 1.00 e. The topological polar surface area (TPSA) is 9.86 Å². The van der Waals surface area contributed by atoms with Gasteiger partial charge in [0.25, 0.3) is 0 Å². The van der Waals surface area contributed by atoms with Gasteiger partial charge in [0.2, 0.25) is 0 Å². The molecule has 2 heterocycles. The molecule has 0 fully saturated rings. The molecule has 0 bridgehead atoms. The third kappa shape index (κ3) is 5.23. The molecule has 0 saturated heterocycles.